The van der Waals surface area contributed by atoms with E-state index in [-0.39, 0.29) is 11.3 Å². The Bertz CT molecular complexity index is 500. The Kier molecular flexibility index (Phi) is 2.69. The molecule has 6 heteroatoms. The van der Waals surface area contributed by atoms with Crippen LogP contribution in [0.15, 0.2) is 22.6 Å². The molecule has 0 unspecified atom stereocenters. The first kappa shape index (κ1) is 11.7. The number of nitrogens with zero attached hydrogens (tertiary/aromatic N) is 3. The van der Waals surface area contributed by atoms with Crippen LogP contribution in [0.3, 0.4) is 0 Å². The van der Waals surface area contributed by atoms with Gasteiger partial charge in [0.15, 0.2) is 6.07 Å². The largest absolute Gasteiger partial charge is 0.475 e. The molecule has 0 saturated carbocycles. The molecule has 6 nitrogen and oxygen atoms in total. The number of allylic oxidation sites excluding steroid dienone is 2. The molecule has 0 aromatic carbocycles. The lowest BCUT2D eigenvalue weighted by molar-refractivity contribution is -0.420. The Morgan fingerprint density at radius 2 is 2.06 bits per heavy atom. The topological polar surface area (TPSA) is 100.0 Å². The van der Waals surface area contributed by atoms with E-state index in [0.29, 0.717) is 5.57 Å². The Hall–Kier alpha value is -2.34. The normalized spacial score (nSPS) is 20.8. The molecule has 0 amide bonds. The van der Waals surface area contributed by atoms with Gasteiger partial charge in [-0.1, -0.05) is 0 Å². The van der Waals surface area contributed by atoms with Crippen molar-refractivity contribution in [1.82, 2.24) is 0 Å². The number of hydrogen-bond acceptors (Lipinski definition) is 5. The van der Waals surface area contributed by atoms with Crippen molar-refractivity contribution >= 4 is 0 Å². The van der Waals surface area contributed by atoms with Gasteiger partial charge in [0, 0.05) is 0 Å². The Balaban J connectivity index is 3.50. The van der Waals surface area contributed by atoms with Crippen LogP contribution >= 0.6 is 0 Å². The van der Waals surface area contributed by atoms with Crippen LogP contribution in [0.1, 0.15) is 20.8 Å². The summed E-state index contributed by atoms with van der Waals surface area (Å²) in [6, 6.07) is 3.27. The highest BCUT2D eigenvalue weighted by Gasteiger charge is 2.40. The lowest BCUT2D eigenvalue weighted by Crippen LogP contribution is -2.20. The molecule has 0 bridgehead atoms. The quantitative estimate of drug-likeness (QED) is 0.379. The molecular formula is C10H9N3O3. The summed E-state index contributed by atoms with van der Waals surface area (Å²) in [6.45, 7) is 5.02. The van der Waals surface area contributed by atoms with Crippen LogP contribution in [0.25, 0.3) is 0 Å². The Labute approximate surface area is 92.2 Å². The molecule has 0 aromatic rings. The minimum Gasteiger partial charge on any atom is -0.475 e. The van der Waals surface area contributed by atoms with E-state index in [1.807, 2.05) is 6.07 Å². The van der Waals surface area contributed by atoms with Crippen LogP contribution in [0.5, 0.6) is 0 Å². The number of nitro groups is 1. The minimum absolute atomic E-state index is 0.0678. The molecule has 82 valence electrons. The second-order valence-corrected chi connectivity index (χ2v) is 3.77. The first-order valence-electron chi connectivity index (χ1n) is 4.44. The predicted molar refractivity (Wildman–Crippen MR) is 53.1 cm³/mol. The Morgan fingerprint density at radius 1 is 1.50 bits per heavy atom. The van der Waals surface area contributed by atoms with Gasteiger partial charge in [-0.05, 0) is 26.3 Å². The smallest absolute Gasteiger partial charge is 0.388 e. The second kappa shape index (κ2) is 3.67. The van der Waals surface area contributed by atoms with Gasteiger partial charge in [-0.15, -0.1) is 0 Å². The zero-order valence-corrected chi connectivity index (χ0v) is 9.07. The molecule has 0 spiro atoms. The van der Waals surface area contributed by atoms with Crippen LogP contribution in [-0.4, -0.2) is 10.5 Å². The van der Waals surface area contributed by atoms with Crippen LogP contribution in [0, 0.1) is 32.8 Å². The summed E-state index contributed by atoms with van der Waals surface area (Å²) in [6.07, 6.45) is 0. The molecule has 16 heavy (non-hydrogen) atoms. The Morgan fingerprint density at radius 3 is 2.44 bits per heavy atom. The third-order valence-electron chi connectivity index (χ3n) is 2.48. The van der Waals surface area contributed by atoms with Crippen molar-refractivity contribution < 1.29 is 9.66 Å². The molecule has 1 aliphatic rings. The van der Waals surface area contributed by atoms with Crippen molar-refractivity contribution in [3.63, 3.8) is 0 Å². The van der Waals surface area contributed by atoms with Gasteiger partial charge >= 0.3 is 5.70 Å². The zero-order chi connectivity index (χ0) is 12.5. The first-order chi connectivity index (χ1) is 7.35. The summed E-state index contributed by atoms with van der Waals surface area (Å²) in [5.41, 5.74) is -0.877. The van der Waals surface area contributed by atoms with Crippen molar-refractivity contribution in [3.8, 4) is 12.1 Å². The maximum absolute atomic E-state index is 10.6. The first-order valence-corrected chi connectivity index (χ1v) is 4.44. The number of nitriles is 2. The van der Waals surface area contributed by atoms with Crippen LogP contribution < -0.4 is 0 Å². The second-order valence-electron chi connectivity index (χ2n) is 3.77. The van der Waals surface area contributed by atoms with Crippen molar-refractivity contribution in [3.05, 3.63) is 32.7 Å². The monoisotopic (exact) mass is 219 g/mol. The van der Waals surface area contributed by atoms with E-state index in [1.54, 1.807) is 20.8 Å². The lowest BCUT2D eigenvalue weighted by atomic mass is 9.97. The van der Waals surface area contributed by atoms with Crippen LogP contribution in [0.4, 0.5) is 0 Å². The van der Waals surface area contributed by atoms with Gasteiger partial charge in [0.2, 0.25) is 5.76 Å². The summed E-state index contributed by atoms with van der Waals surface area (Å²) in [4.78, 5) is 9.76. The maximum Gasteiger partial charge on any atom is 0.388 e. The molecule has 0 saturated heterocycles. The average Bonchev–Trinajstić information content (AvgIpc) is 2.39. The molecule has 1 rings (SSSR count). The third kappa shape index (κ3) is 1.61. The van der Waals surface area contributed by atoms with Crippen molar-refractivity contribution in [2.45, 2.75) is 26.4 Å². The number of rotatable bonds is 1. The fraction of sp³-hybridized carbons (Fsp3) is 0.400. The standard InChI is InChI=1S/C10H9N3O3/c1-6-7(4-11)9(16-10(6,2)3)8(5-12)13(14)15/h1-3H3/b9-8-. The van der Waals surface area contributed by atoms with Crippen LogP contribution in [-0.2, 0) is 4.74 Å². The highest BCUT2D eigenvalue weighted by molar-refractivity contribution is 5.51. The van der Waals surface area contributed by atoms with Gasteiger partial charge in [-0.2, -0.15) is 10.5 Å². The van der Waals surface area contributed by atoms with Gasteiger partial charge < -0.3 is 4.74 Å². The molecule has 0 aromatic heterocycles. The highest BCUT2D eigenvalue weighted by atomic mass is 16.6. The number of hydrogen-bond donors (Lipinski definition) is 0. The van der Waals surface area contributed by atoms with Gasteiger partial charge in [0.05, 0.1) is 4.92 Å². The minimum atomic E-state index is -0.846. The summed E-state index contributed by atoms with van der Waals surface area (Å²) < 4.78 is 5.30. The lowest BCUT2D eigenvalue weighted by Gasteiger charge is -2.19. The molecule has 0 atom stereocenters. The van der Waals surface area contributed by atoms with E-state index < -0.39 is 16.2 Å². The van der Waals surface area contributed by atoms with Gasteiger partial charge in [0.25, 0.3) is 0 Å². The fourth-order valence-corrected chi connectivity index (χ4v) is 1.33. The molecule has 0 fully saturated rings. The fourth-order valence-electron chi connectivity index (χ4n) is 1.33. The molecule has 0 aliphatic carbocycles. The van der Waals surface area contributed by atoms with E-state index in [1.165, 1.54) is 6.07 Å². The van der Waals surface area contributed by atoms with Crippen molar-refractivity contribution in [2.75, 3.05) is 0 Å². The van der Waals surface area contributed by atoms with E-state index in [0.717, 1.165) is 0 Å². The predicted octanol–water partition coefficient (Wildman–Crippen LogP) is 1.65. The van der Waals surface area contributed by atoms with Crippen molar-refractivity contribution in [2.24, 2.45) is 0 Å². The molecule has 0 N–H and O–H groups in total. The van der Waals surface area contributed by atoms with Gasteiger partial charge in [-0.25, -0.2) is 0 Å². The van der Waals surface area contributed by atoms with Crippen molar-refractivity contribution in [1.29, 1.82) is 10.5 Å². The summed E-state index contributed by atoms with van der Waals surface area (Å²) in [5, 5.41) is 28.2. The van der Waals surface area contributed by atoms with Gasteiger partial charge in [0.1, 0.15) is 17.2 Å². The molecular weight excluding hydrogens is 210 g/mol. The highest BCUT2D eigenvalue weighted by Crippen LogP contribution is 2.38. The van der Waals surface area contributed by atoms with Crippen LogP contribution in [0.2, 0.25) is 0 Å². The van der Waals surface area contributed by atoms with E-state index in [2.05, 4.69) is 0 Å². The van der Waals surface area contributed by atoms with E-state index >= 15 is 0 Å². The summed E-state index contributed by atoms with van der Waals surface area (Å²) in [5.74, 6) is -0.238. The van der Waals surface area contributed by atoms with E-state index in [9.17, 15) is 10.1 Å². The third-order valence-corrected chi connectivity index (χ3v) is 2.48. The summed E-state index contributed by atoms with van der Waals surface area (Å²) >= 11 is 0. The molecule has 1 aliphatic heterocycles. The molecule has 0 radical (unpaired) electrons. The van der Waals surface area contributed by atoms with Gasteiger partial charge in [-0.3, -0.25) is 10.1 Å². The zero-order valence-electron chi connectivity index (χ0n) is 9.07. The number of ether oxygens (including phenoxy) is 1. The van der Waals surface area contributed by atoms with E-state index in [4.69, 9.17) is 15.3 Å². The SMILES string of the molecule is CC1=C(C#N)/C(=C(\C#N)[N+](=O)[O-])OC1(C)C. The molecule has 1 heterocycles. The maximum atomic E-state index is 10.6. The summed E-state index contributed by atoms with van der Waals surface area (Å²) in [7, 11) is 0. The average molecular weight is 219 g/mol.